The van der Waals surface area contributed by atoms with E-state index in [-0.39, 0.29) is 18.5 Å². The summed E-state index contributed by atoms with van der Waals surface area (Å²) in [5, 5.41) is 2.95. The number of hydrogen-bond acceptors (Lipinski definition) is 5. The molecule has 0 fully saturated rings. The van der Waals surface area contributed by atoms with Crippen LogP contribution >= 0.6 is 0 Å². The van der Waals surface area contributed by atoms with Crippen molar-refractivity contribution in [2.45, 2.75) is 19.5 Å². The average Bonchev–Trinajstić information content (AvgIpc) is 2.82. The van der Waals surface area contributed by atoms with Gasteiger partial charge in [-0.3, -0.25) is 9.10 Å². The molecule has 0 unspecified atom stereocenters. The lowest BCUT2D eigenvalue weighted by molar-refractivity contribution is 0.0940. The fourth-order valence-corrected chi connectivity index (χ4v) is 4.30. The molecule has 0 radical (unpaired) electrons. The van der Waals surface area contributed by atoms with Gasteiger partial charge in [-0.25, -0.2) is 8.42 Å². The summed E-state index contributed by atoms with van der Waals surface area (Å²) in [6.45, 7) is 2.08. The van der Waals surface area contributed by atoms with Crippen LogP contribution in [0.25, 0.3) is 0 Å². The summed E-state index contributed by atoms with van der Waals surface area (Å²) in [6, 6.07) is 21.1. The fraction of sp³-hybridized carbons (Fsp3) is 0.240. The first-order chi connectivity index (χ1) is 15.7. The Kier molecular flexibility index (Phi) is 7.60. The van der Waals surface area contributed by atoms with Crippen LogP contribution in [0, 0.1) is 0 Å². The first-order valence-corrected chi connectivity index (χ1v) is 12.2. The fourth-order valence-electron chi connectivity index (χ4n) is 3.41. The average molecular weight is 469 g/mol. The standard InChI is InChI=1S/C25H28N2O5S/c1-18(21-12-15-23(31-2)24(16-21)32-3)26-25(28)20-10-13-22(14-11-20)27(33(4,29)30)17-19-8-6-5-7-9-19/h5-16,18H,17H2,1-4H3,(H,26,28)/t18-/m0/s1. The molecule has 0 heterocycles. The van der Waals surface area contributed by atoms with E-state index in [1.165, 1.54) is 10.6 Å². The van der Waals surface area contributed by atoms with Gasteiger partial charge in [-0.15, -0.1) is 0 Å². The highest BCUT2D eigenvalue weighted by Crippen LogP contribution is 2.30. The van der Waals surface area contributed by atoms with Gasteiger partial charge in [0.2, 0.25) is 10.0 Å². The van der Waals surface area contributed by atoms with E-state index in [0.717, 1.165) is 11.1 Å². The molecule has 1 N–H and O–H groups in total. The zero-order valence-corrected chi connectivity index (χ0v) is 19.9. The van der Waals surface area contributed by atoms with E-state index in [2.05, 4.69) is 5.32 Å². The van der Waals surface area contributed by atoms with Crippen LogP contribution in [0.2, 0.25) is 0 Å². The lowest BCUT2D eigenvalue weighted by Crippen LogP contribution is -2.29. The van der Waals surface area contributed by atoms with Crippen molar-refractivity contribution in [1.82, 2.24) is 5.32 Å². The molecule has 0 aliphatic rings. The van der Waals surface area contributed by atoms with E-state index >= 15 is 0 Å². The number of rotatable bonds is 9. The third-order valence-corrected chi connectivity index (χ3v) is 6.38. The first-order valence-electron chi connectivity index (χ1n) is 10.4. The number of nitrogens with one attached hydrogen (secondary N) is 1. The van der Waals surface area contributed by atoms with E-state index in [4.69, 9.17) is 9.47 Å². The number of benzene rings is 3. The van der Waals surface area contributed by atoms with E-state index in [9.17, 15) is 13.2 Å². The Balaban J connectivity index is 1.75. The van der Waals surface area contributed by atoms with Gasteiger partial charge in [0.1, 0.15) is 0 Å². The van der Waals surface area contributed by atoms with Crippen molar-refractivity contribution < 1.29 is 22.7 Å². The Morgan fingerprint density at radius 3 is 2.15 bits per heavy atom. The second kappa shape index (κ2) is 10.4. The summed E-state index contributed by atoms with van der Waals surface area (Å²) in [5.41, 5.74) is 2.65. The second-order valence-corrected chi connectivity index (χ2v) is 9.52. The third-order valence-electron chi connectivity index (χ3n) is 5.24. The van der Waals surface area contributed by atoms with E-state index in [1.54, 1.807) is 44.6 Å². The van der Waals surface area contributed by atoms with Crippen LogP contribution in [-0.2, 0) is 16.6 Å². The predicted octanol–water partition coefficient (Wildman–Crippen LogP) is 4.16. The van der Waals surface area contributed by atoms with Crippen LogP contribution in [0.3, 0.4) is 0 Å². The molecule has 7 nitrogen and oxygen atoms in total. The summed E-state index contributed by atoms with van der Waals surface area (Å²) in [5.74, 6) is 0.929. The molecule has 174 valence electrons. The van der Waals surface area contributed by atoms with E-state index < -0.39 is 10.0 Å². The predicted molar refractivity (Wildman–Crippen MR) is 129 cm³/mol. The number of sulfonamides is 1. The molecule has 1 atom stereocenters. The summed E-state index contributed by atoms with van der Waals surface area (Å²) >= 11 is 0. The second-order valence-electron chi connectivity index (χ2n) is 7.61. The van der Waals surface area contributed by atoms with Crippen LogP contribution in [0.15, 0.2) is 72.8 Å². The molecule has 33 heavy (non-hydrogen) atoms. The molecule has 0 saturated carbocycles. The molecule has 0 spiro atoms. The Labute approximate surface area is 195 Å². The number of hydrogen-bond donors (Lipinski definition) is 1. The molecule has 3 aromatic rings. The minimum absolute atomic E-state index is 0.210. The monoisotopic (exact) mass is 468 g/mol. The van der Waals surface area contributed by atoms with Crippen molar-refractivity contribution >= 4 is 21.6 Å². The molecule has 0 bridgehead atoms. The smallest absolute Gasteiger partial charge is 0.251 e. The van der Waals surface area contributed by atoms with Gasteiger partial charge < -0.3 is 14.8 Å². The van der Waals surface area contributed by atoms with Crippen molar-refractivity contribution in [3.05, 3.63) is 89.5 Å². The third kappa shape index (κ3) is 6.04. The number of carbonyl (C=O) groups is 1. The van der Waals surface area contributed by atoms with Crippen molar-refractivity contribution in [3.8, 4) is 11.5 Å². The number of amides is 1. The van der Waals surface area contributed by atoms with Gasteiger partial charge >= 0.3 is 0 Å². The number of ether oxygens (including phenoxy) is 2. The molecule has 3 aromatic carbocycles. The van der Waals surface area contributed by atoms with Crippen LogP contribution in [0.4, 0.5) is 5.69 Å². The molecule has 3 rings (SSSR count). The maximum atomic E-state index is 12.8. The van der Waals surface area contributed by atoms with E-state index in [1.807, 2.05) is 49.4 Å². The van der Waals surface area contributed by atoms with Crippen LogP contribution < -0.4 is 19.1 Å². The van der Waals surface area contributed by atoms with Crippen molar-refractivity contribution in [2.24, 2.45) is 0 Å². The number of anilines is 1. The van der Waals surface area contributed by atoms with Gasteiger partial charge in [0, 0.05) is 5.56 Å². The highest BCUT2D eigenvalue weighted by atomic mass is 32.2. The molecule has 0 aliphatic heterocycles. The highest BCUT2D eigenvalue weighted by Gasteiger charge is 2.19. The molecular formula is C25H28N2O5S. The molecule has 8 heteroatoms. The lowest BCUT2D eigenvalue weighted by Gasteiger charge is -2.23. The van der Waals surface area contributed by atoms with Crippen molar-refractivity contribution in [2.75, 3.05) is 24.8 Å². The zero-order chi connectivity index (χ0) is 24.0. The Bertz CT molecular complexity index is 1200. The maximum absolute atomic E-state index is 12.8. The van der Waals surface area contributed by atoms with Crippen LogP contribution in [0.1, 0.15) is 34.5 Å². The summed E-state index contributed by atoms with van der Waals surface area (Å²) in [7, 11) is -0.380. The van der Waals surface area contributed by atoms with Gasteiger partial charge in [0.15, 0.2) is 11.5 Å². The SMILES string of the molecule is COc1ccc([C@H](C)NC(=O)c2ccc(N(Cc3ccccc3)S(C)(=O)=O)cc2)cc1OC. The Hall–Kier alpha value is -3.52. The number of methoxy groups -OCH3 is 2. The molecule has 0 saturated heterocycles. The van der Waals surface area contributed by atoms with Crippen molar-refractivity contribution in [3.63, 3.8) is 0 Å². The summed E-state index contributed by atoms with van der Waals surface area (Å²) < 4.78 is 36.7. The largest absolute Gasteiger partial charge is 0.493 e. The first kappa shape index (κ1) is 24.1. The van der Waals surface area contributed by atoms with E-state index in [0.29, 0.717) is 22.7 Å². The number of carbonyl (C=O) groups excluding carboxylic acids is 1. The molecular weight excluding hydrogens is 440 g/mol. The molecule has 0 aliphatic carbocycles. The Morgan fingerprint density at radius 2 is 1.58 bits per heavy atom. The number of nitrogens with zero attached hydrogens (tertiary/aromatic N) is 1. The minimum atomic E-state index is -3.51. The minimum Gasteiger partial charge on any atom is -0.493 e. The normalized spacial score (nSPS) is 12.0. The topological polar surface area (TPSA) is 84.9 Å². The van der Waals surface area contributed by atoms with Gasteiger partial charge in [-0.2, -0.15) is 0 Å². The van der Waals surface area contributed by atoms with Gasteiger partial charge in [0.05, 0.1) is 38.7 Å². The highest BCUT2D eigenvalue weighted by molar-refractivity contribution is 7.92. The van der Waals surface area contributed by atoms with Gasteiger partial charge in [-0.1, -0.05) is 36.4 Å². The Morgan fingerprint density at radius 1 is 0.939 bits per heavy atom. The van der Waals surface area contributed by atoms with Gasteiger partial charge in [0.25, 0.3) is 5.91 Å². The van der Waals surface area contributed by atoms with Gasteiger partial charge in [-0.05, 0) is 54.4 Å². The van der Waals surface area contributed by atoms with Crippen molar-refractivity contribution in [1.29, 1.82) is 0 Å². The summed E-state index contributed by atoms with van der Waals surface area (Å²) in [6.07, 6.45) is 1.17. The van der Waals surface area contributed by atoms with Crippen LogP contribution in [-0.4, -0.2) is 34.8 Å². The molecule has 0 aromatic heterocycles. The summed E-state index contributed by atoms with van der Waals surface area (Å²) in [4.78, 5) is 12.8. The maximum Gasteiger partial charge on any atom is 0.251 e. The molecule has 1 amide bonds. The quantitative estimate of drug-likeness (QED) is 0.510. The zero-order valence-electron chi connectivity index (χ0n) is 19.1. The lowest BCUT2D eigenvalue weighted by atomic mass is 10.1. The van der Waals surface area contributed by atoms with Crippen LogP contribution in [0.5, 0.6) is 11.5 Å².